The Kier molecular flexibility index (Phi) is 9.02. The second-order valence-corrected chi connectivity index (χ2v) is 11.4. The molecule has 0 spiro atoms. The summed E-state index contributed by atoms with van der Waals surface area (Å²) in [6.07, 6.45) is 1.84. The number of carbonyl (C=O) groups excluding carboxylic acids is 2. The number of benzene rings is 2. The van der Waals surface area contributed by atoms with E-state index in [0.29, 0.717) is 11.0 Å². The van der Waals surface area contributed by atoms with Gasteiger partial charge >= 0.3 is 11.9 Å². The van der Waals surface area contributed by atoms with Crippen molar-refractivity contribution < 1.29 is 45.6 Å². The second-order valence-electron chi connectivity index (χ2n) is 11.4. The maximum atomic E-state index is 13.6. The normalized spacial score (nSPS) is 23.4. The molecule has 0 unspecified atom stereocenters. The van der Waals surface area contributed by atoms with E-state index in [1.54, 1.807) is 0 Å². The number of quaternary nitrogens is 1. The topological polar surface area (TPSA) is 72.8 Å². The van der Waals surface area contributed by atoms with E-state index < -0.39 is 17.2 Å². The molecule has 7 heteroatoms. The molecule has 0 saturated carbocycles. The minimum absolute atomic E-state index is 0. The van der Waals surface area contributed by atoms with Crippen LogP contribution >= 0.6 is 0 Å². The zero-order valence-electron chi connectivity index (χ0n) is 21.5. The molecule has 3 aliphatic rings. The minimum Gasteiger partial charge on any atom is -1.00 e. The number of nitrogens with zero attached hydrogens (tertiary/aromatic N) is 1. The molecule has 1 atom stereocenters. The molecule has 3 saturated heterocycles. The maximum Gasteiger partial charge on any atom is 0.362 e. The highest BCUT2D eigenvalue weighted by atomic mass is 79.9. The van der Waals surface area contributed by atoms with Crippen LogP contribution < -0.4 is 17.0 Å². The zero-order chi connectivity index (χ0) is 25.1. The van der Waals surface area contributed by atoms with Crippen LogP contribution in [0.25, 0.3) is 0 Å². The van der Waals surface area contributed by atoms with Crippen LogP contribution in [-0.4, -0.2) is 65.0 Å². The predicted molar refractivity (Wildman–Crippen MR) is 133 cm³/mol. The number of ether oxygens (including phenoxy) is 2. The summed E-state index contributed by atoms with van der Waals surface area (Å²) in [4.78, 5) is 26.2. The number of carbonyl (C=O) groups is 2. The smallest absolute Gasteiger partial charge is 0.362 e. The van der Waals surface area contributed by atoms with Gasteiger partial charge in [0.25, 0.3) is 0 Å². The Balaban J connectivity index is 0.00000361. The molecule has 3 fully saturated rings. The van der Waals surface area contributed by atoms with Crippen molar-refractivity contribution in [3.63, 3.8) is 0 Å². The molecule has 3 heterocycles. The van der Waals surface area contributed by atoms with E-state index in [1.165, 1.54) is 0 Å². The molecule has 196 valence electrons. The van der Waals surface area contributed by atoms with Crippen LogP contribution in [0.15, 0.2) is 60.7 Å². The Hall–Kier alpha value is -2.22. The molecule has 2 aromatic rings. The summed E-state index contributed by atoms with van der Waals surface area (Å²) in [7, 11) is 0. The Morgan fingerprint density at radius 3 is 1.89 bits per heavy atom. The minimum atomic E-state index is -1.68. The van der Waals surface area contributed by atoms with Gasteiger partial charge in [0.05, 0.1) is 13.1 Å². The quantitative estimate of drug-likeness (QED) is 0.381. The van der Waals surface area contributed by atoms with Gasteiger partial charge in [0.2, 0.25) is 0 Å². The number of halogens is 1. The molecule has 6 nitrogen and oxygen atoms in total. The van der Waals surface area contributed by atoms with Crippen LogP contribution in [0.3, 0.4) is 0 Å². The van der Waals surface area contributed by atoms with Gasteiger partial charge in [-0.3, -0.25) is 0 Å². The van der Waals surface area contributed by atoms with Crippen LogP contribution in [0.1, 0.15) is 44.7 Å². The highest BCUT2D eigenvalue weighted by molar-refractivity contribution is 5.80. The highest BCUT2D eigenvalue weighted by Crippen LogP contribution is 2.36. The van der Waals surface area contributed by atoms with Crippen LogP contribution in [-0.2, 0) is 31.9 Å². The number of esters is 2. The molecule has 0 amide bonds. The Bertz CT molecular complexity index is 971. The van der Waals surface area contributed by atoms with Gasteiger partial charge in [0.15, 0.2) is 18.2 Å². The summed E-state index contributed by atoms with van der Waals surface area (Å²) in [6.45, 7) is 8.26. The lowest BCUT2D eigenvalue weighted by molar-refractivity contribution is -0.939. The van der Waals surface area contributed by atoms with E-state index in [9.17, 15) is 14.7 Å². The third-order valence-electron chi connectivity index (χ3n) is 7.24. The van der Waals surface area contributed by atoms with Crippen LogP contribution in [0.5, 0.6) is 0 Å². The number of hydrogen-bond donors (Lipinski definition) is 1. The van der Waals surface area contributed by atoms with Crippen molar-refractivity contribution in [2.45, 2.75) is 63.8 Å². The molecule has 1 N–H and O–H groups in total. The van der Waals surface area contributed by atoms with Gasteiger partial charge in [0, 0.05) is 31.6 Å². The maximum absolute atomic E-state index is 13.6. The van der Waals surface area contributed by atoms with E-state index in [0.717, 1.165) is 37.1 Å². The highest BCUT2D eigenvalue weighted by Gasteiger charge is 2.50. The lowest BCUT2D eigenvalue weighted by Crippen LogP contribution is -3.00. The third-order valence-corrected chi connectivity index (χ3v) is 7.24. The summed E-state index contributed by atoms with van der Waals surface area (Å²) in [6, 6.07) is 19.1. The van der Waals surface area contributed by atoms with Gasteiger partial charge in [0.1, 0.15) is 12.1 Å². The molecule has 0 aliphatic carbocycles. The Morgan fingerprint density at radius 2 is 1.42 bits per heavy atom. The van der Waals surface area contributed by atoms with E-state index >= 15 is 0 Å². The summed E-state index contributed by atoms with van der Waals surface area (Å²) >= 11 is 0. The van der Waals surface area contributed by atoms with Crippen LogP contribution in [0, 0.1) is 5.92 Å². The van der Waals surface area contributed by atoms with Crippen LogP contribution in [0.2, 0.25) is 0 Å². The van der Waals surface area contributed by atoms with Gasteiger partial charge in [-0.1, -0.05) is 60.7 Å². The summed E-state index contributed by atoms with van der Waals surface area (Å²) < 4.78 is 12.3. The summed E-state index contributed by atoms with van der Waals surface area (Å²) in [5.41, 5.74) is -0.443. The molecular formula is C29H38BrNO5. The first-order valence-electron chi connectivity index (χ1n) is 12.6. The summed E-state index contributed by atoms with van der Waals surface area (Å²) in [5, 5.41) is 11.7. The van der Waals surface area contributed by atoms with Crippen molar-refractivity contribution in [1.29, 1.82) is 0 Å². The number of aliphatic hydroxyl groups is 1. The summed E-state index contributed by atoms with van der Waals surface area (Å²) in [5.74, 6) is -0.540. The van der Waals surface area contributed by atoms with Crippen molar-refractivity contribution in [3.05, 3.63) is 71.8 Å². The number of piperidine rings is 3. The predicted octanol–water partition coefficient (Wildman–Crippen LogP) is 0.701. The van der Waals surface area contributed by atoms with Crippen molar-refractivity contribution in [3.8, 4) is 0 Å². The molecule has 3 aliphatic heterocycles. The molecule has 2 bridgehead atoms. The van der Waals surface area contributed by atoms with Gasteiger partial charge in [-0.2, -0.15) is 0 Å². The van der Waals surface area contributed by atoms with E-state index in [1.807, 2.05) is 81.4 Å². The van der Waals surface area contributed by atoms with E-state index in [4.69, 9.17) is 9.47 Å². The van der Waals surface area contributed by atoms with Crippen molar-refractivity contribution in [2.24, 2.45) is 5.92 Å². The fourth-order valence-corrected chi connectivity index (χ4v) is 5.55. The largest absolute Gasteiger partial charge is 1.00 e. The number of hydrogen-bond acceptors (Lipinski definition) is 5. The monoisotopic (exact) mass is 559 g/mol. The van der Waals surface area contributed by atoms with E-state index in [2.05, 4.69) is 0 Å². The molecule has 36 heavy (non-hydrogen) atoms. The molecule has 0 aromatic heterocycles. The first-order valence-corrected chi connectivity index (χ1v) is 12.6. The van der Waals surface area contributed by atoms with Gasteiger partial charge in [-0.25, -0.2) is 9.59 Å². The first kappa shape index (κ1) is 28.4. The molecule has 5 rings (SSSR count). The van der Waals surface area contributed by atoms with E-state index in [-0.39, 0.29) is 54.4 Å². The Labute approximate surface area is 225 Å². The molecular weight excluding hydrogens is 522 g/mol. The Morgan fingerprint density at radius 1 is 0.917 bits per heavy atom. The third kappa shape index (κ3) is 7.17. The van der Waals surface area contributed by atoms with Gasteiger partial charge in [-0.05, 0) is 31.9 Å². The molecule has 0 radical (unpaired) electrons. The first-order chi connectivity index (χ1) is 16.6. The standard InChI is InChI=1S/C29H38NO5.BrH/c1-28(2,3)35-26(31)21-30-16-14-24(15-17-30)25(20-30)34-27(32)29(33,18-22-10-6-4-7-11-22)19-23-12-8-5-9-13-23;/h4-13,24-25,33H,14-21H2,1-3H3;1H/q+1;/p-1/t24?,25-,30?;/m0./s1. The number of rotatable bonds is 8. The number of fused-ring (bicyclic) bond motifs is 3. The fraction of sp³-hybridized carbons (Fsp3) is 0.517. The SMILES string of the molecule is CC(C)(C)OC(=O)C[N+]12CCC(CC1)[C@@H](OC(=O)C(O)(Cc1ccccc1)Cc1ccccc1)C2.[Br-]. The average Bonchev–Trinajstić information content (AvgIpc) is 2.79. The zero-order valence-corrected chi connectivity index (χ0v) is 23.1. The van der Waals surface area contributed by atoms with Crippen molar-refractivity contribution >= 4 is 11.9 Å². The van der Waals surface area contributed by atoms with Gasteiger partial charge < -0.3 is 36.0 Å². The lowest BCUT2D eigenvalue weighted by Gasteiger charge is -2.51. The van der Waals surface area contributed by atoms with Crippen molar-refractivity contribution in [1.82, 2.24) is 0 Å². The fourth-order valence-electron chi connectivity index (χ4n) is 5.55. The van der Waals surface area contributed by atoms with Crippen LogP contribution in [0.4, 0.5) is 0 Å². The lowest BCUT2D eigenvalue weighted by atomic mass is 9.82. The molecule has 2 aromatic carbocycles. The van der Waals surface area contributed by atoms with Crippen molar-refractivity contribution in [2.75, 3.05) is 26.2 Å². The second kappa shape index (κ2) is 11.4. The van der Waals surface area contributed by atoms with Gasteiger partial charge in [-0.15, -0.1) is 0 Å². The average molecular weight is 561 g/mol.